The normalized spacial score (nSPS) is 16.3. The molecule has 1 aliphatic rings. The molecule has 0 atom stereocenters. The molecule has 0 saturated carbocycles. The van der Waals surface area contributed by atoms with Gasteiger partial charge in [-0.1, -0.05) is 6.07 Å². The maximum Gasteiger partial charge on any atom is 0.312 e. The number of carbonyl (C=O) groups excluding carboxylic acids is 1. The summed E-state index contributed by atoms with van der Waals surface area (Å²) in [6, 6.07) is 5.80. The van der Waals surface area contributed by atoms with Gasteiger partial charge in [0.2, 0.25) is 0 Å². The number of rotatable bonds is 9. The van der Waals surface area contributed by atoms with E-state index in [0.29, 0.717) is 57.2 Å². The molecule has 1 aromatic rings. The van der Waals surface area contributed by atoms with Crippen LogP contribution in [-0.2, 0) is 25.4 Å². The molecule has 0 aliphatic carbocycles. The molecule has 0 aromatic heterocycles. The minimum Gasteiger partial charge on any atom is -0.493 e. The van der Waals surface area contributed by atoms with Crippen molar-refractivity contribution in [2.45, 2.75) is 25.7 Å². The zero-order chi connectivity index (χ0) is 18.1. The van der Waals surface area contributed by atoms with Crippen molar-refractivity contribution in [1.29, 1.82) is 0 Å². The third kappa shape index (κ3) is 5.09. The van der Waals surface area contributed by atoms with Gasteiger partial charge in [-0.25, -0.2) is 0 Å². The third-order valence-corrected chi connectivity index (χ3v) is 4.59. The molecule has 1 aliphatic heterocycles. The monoisotopic (exact) mass is 352 g/mol. The summed E-state index contributed by atoms with van der Waals surface area (Å²) in [5, 5.41) is 0. The number of ether oxygens (including phenoxy) is 5. The predicted molar refractivity (Wildman–Crippen MR) is 93.2 cm³/mol. The summed E-state index contributed by atoms with van der Waals surface area (Å²) in [6.07, 6.45) is 2.72. The standard InChI is InChI=1S/C19H28O6/c1-21-9-4-10-25-17-13-15(5-6-16(17)22-2)14-19(18(20)23-3)7-11-24-12-8-19/h5-6,13H,4,7-12,14H2,1-3H3. The maximum absolute atomic E-state index is 12.4. The van der Waals surface area contributed by atoms with Crippen LogP contribution in [0, 0.1) is 5.41 Å². The van der Waals surface area contributed by atoms with Gasteiger partial charge in [-0.15, -0.1) is 0 Å². The van der Waals surface area contributed by atoms with E-state index in [0.717, 1.165) is 12.0 Å². The summed E-state index contributed by atoms with van der Waals surface area (Å²) in [5.74, 6) is 1.19. The molecule has 2 rings (SSSR count). The summed E-state index contributed by atoms with van der Waals surface area (Å²) in [4.78, 5) is 12.4. The first-order chi connectivity index (χ1) is 12.1. The van der Waals surface area contributed by atoms with Gasteiger partial charge < -0.3 is 23.7 Å². The van der Waals surface area contributed by atoms with E-state index < -0.39 is 5.41 Å². The van der Waals surface area contributed by atoms with Crippen molar-refractivity contribution in [2.75, 3.05) is 47.8 Å². The lowest BCUT2D eigenvalue weighted by atomic mass is 9.75. The van der Waals surface area contributed by atoms with Crippen molar-refractivity contribution in [2.24, 2.45) is 5.41 Å². The van der Waals surface area contributed by atoms with Crippen molar-refractivity contribution >= 4 is 5.97 Å². The second-order valence-corrected chi connectivity index (χ2v) is 6.24. The molecule has 0 spiro atoms. The molecule has 0 N–H and O–H groups in total. The van der Waals surface area contributed by atoms with Crippen LogP contribution >= 0.6 is 0 Å². The van der Waals surface area contributed by atoms with Crippen molar-refractivity contribution in [3.63, 3.8) is 0 Å². The average molecular weight is 352 g/mol. The van der Waals surface area contributed by atoms with E-state index in [4.69, 9.17) is 23.7 Å². The van der Waals surface area contributed by atoms with Crippen molar-refractivity contribution in [1.82, 2.24) is 0 Å². The summed E-state index contributed by atoms with van der Waals surface area (Å²) in [7, 11) is 4.73. The third-order valence-electron chi connectivity index (χ3n) is 4.59. The predicted octanol–water partition coefficient (Wildman–Crippen LogP) is 2.62. The quantitative estimate of drug-likeness (QED) is 0.503. The SMILES string of the molecule is COCCCOc1cc(CC2(C(=O)OC)CCOCC2)ccc1OC. The van der Waals surface area contributed by atoms with E-state index >= 15 is 0 Å². The molecule has 0 amide bonds. The van der Waals surface area contributed by atoms with Crippen LogP contribution < -0.4 is 9.47 Å². The van der Waals surface area contributed by atoms with Crippen LogP contribution in [-0.4, -0.2) is 53.7 Å². The average Bonchev–Trinajstić information content (AvgIpc) is 2.65. The number of hydrogen-bond acceptors (Lipinski definition) is 6. The molecular formula is C19H28O6. The highest BCUT2D eigenvalue weighted by Gasteiger charge is 2.41. The summed E-state index contributed by atoms with van der Waals surface area (Å²) in [5.41, 5.74) is 0.490. The molecule has 0 bridgehead atoms. The zero-order valence-electron chi connectivity index (χ0n) is 15.3. The van der Waals surface area contributed by atoms with Crippen LogP contribution in [0.5, 0.6) is 11.5 Å². The lowest BCUT2D eigenvalue weighted by molar-refractivity contribution is -0.158. The van der Waals surface area contributed by atoms with E-state index in [1.807, 2.05) is 18.2 Å². The van der Waals surface area contributed by atoms with Gasteiger partial charge in [-0.3, -0.25) is 4.79 Å². The Bertz CT molecular complexity index is 551. The lowest BCUT2D eigenvalue weighted by Crippen LogP contribution is -2.40. The van der Waals surface area contributed by atoms with E-state index in [-0.39, 0.29) is 5.97 Å². The molecule has 140 valence electrons. The second-order valence-electron chi connectivity index (χ2n) is 6.24. The van der Waals surface area contributed by atoms with E-state index in [9.17, 15) is 4.79 Å². The lowest BCUT2D eigenvalue weighted by Gasteiger charge is -2.34. The Morgan fingerprint density at radius 1 is 1.12 bits per heavy atom. The molecule has 0 unspecified atom stereocenters. The van der Waals surface area contributed by atoms with Crippen molar-refractivity contribution in [3.8, 4) is 11.5 Å². The Labute approximate surface area is 149 Å². The molecular weight excluding hydrogens is 324 g/mol. The number of esters is 1. The van der Waals surface area contributed by atoms with Crippen LogP contribution in [0.1, 0.15) is 24.8 Å². The first-order valence-corrected chi connectivity index (χ1v) is 8.60. The van der Waals surface area contributed by atoms with Crippen molar-refractivity contribution < 1.29 is 28.5 Å². The van der Waals surface area contributed by atoms with Gasteiger partial charge in [0, 0.05) is 33.4 Å². The van der Waals surface area contributed by atoms with Crippen LogP contribution in [0.2, 0.25) is 0 Å². The Kier molecular flexibility index (Phi) is 7.52. The van der Waals surface area contributed by atoms with E-state index in [1.165, 1.54) is 7.11 Å². The minimum absolute atomic E-state index is 0.172. The molecule has 1 heterocycles. The fourth-order valence-corrected chi connectivity index (χ4v) is 3.15. The van der Waals surface area contributed by atoms with Crippen LogP contribution in [0.25, 0.3) is 0 Å². The topological polar surface area (TPSA) is 63.2 Å². The number of methoxy groups -OCH3 is 3. The zero-order valence-corrected chi connectivity index (χ0v) is 15.3. The highest BCUT2D eigenvalue weighted by Crippen LogP contribution is 2.38. The Morgan fingerprint density at radius 2 is 1.88 bits per heavy atom. The van der Waals surface area contributed by atoms with Gasteiger partial charge in [0.1, 0.15) is 0 Å². The first-order valence-electron chi connectivity index (χ1n) is 8.60. The number of carbonyl (C=O) groups is 1. The molecule has 1 fully saturated rings. The van der Waals surface area contributed by atoms with Gasteiger partial charge in [0.05, 0.1) is 26.2 Å². The first kappa shape index (κ1) is 19.5. The fraction of sp³-hybridized carbons (Fsp3) is 0.632. The number of benzene rings is 1. The Morgan fingerprint density at radius 3 is 2.52 bits per heavy atom. The Balaban J connectivity index is 2.15. The molecule has 1 saturated heterocycles. The van der Waals surface area contributed by atoms with Crippen LogP contribution in [0.15, 0.2) is 18.2 Å². The second kappa shape index (κ2) is 9.63. The molecule has 6 heteroatoms. The van der Waals surface area contributed by atoms with Gasteiger partial charge in [-0.2, -0.15) is 0 Å². The minimum atomic E-state index is -0.533. The molecule has 0 radical (unpaired) electrons. The molecule has 1 aromatic carbocycles. The maximum atomic E-state index is 12.4. The highest BCUT2D eigenvalue weighted by molar-refractivity contribution is 5.77. The van der Waals surface area contributed by atoms with Gasteiger partial charge in [0.25, 0.3) is 0 Å². The molecule has 6 nitrogen and oxygen atoms in total. The Hall–Kier alpha value is -1.79. The van der Waals surface area contributed by atoms with Crippen LogP contribution in [0.3, 0.4) is 0 Å². The van der Waals surface area contributed by atoms with Gasteiger partial charge in [0.15, 0.2) is 11.5 Å². The van der Waals surface area contributed by atoms with E-state index in [1.54, 1.807) is 14.2 Å². The van der Waals surface area contributed by atoms with Gasteiger partial charge in [-0.05, 0) is 37.0 Å². The highest BCUT2D eigenvalue weighted by atomic mass is 16.5. The van der Waals surface area contributed by atoms with Crippen LogP contribution in [0.4, 0.5) is 0 Å². The fourth-order valence-electron chi connectivity index (χ4n) is 3.15. The smallest absolute Gasteiger partial charge is 0.312 e. The molecule has 25 heavy (non-hydrogen) atoms. The van der Waals surface area contributed by atoms with Gasteiger partial charge >= 0.3 is 5.97 Å². The largest absolute Gasteiger partial charge is 0.493 e. The van der Waals surface area contributed by atoms with E-state index in [2.05, 4.69) is 0 Å². The van der Waals surface area contributed by atoms with Crippen molar-refractivity contribution in [3.05, 3.63) is 23.8 Å². The number of hydrogen-bond donors (Lipinski definition) is 0. The summed E-state index contributed by atoms with van der Waals surface area (Å²) >= 11 is 0. The summed E-state index contributed by atoms with van der Waals surface area (Å²) in [6.45, 7) is 2.34. The summed E-state index contributed by atoms with van der Waals surface area (Å²) < 4.78 is 26.7.